The fraction of sp³-hybridized carbons (Fsp3) is 0. The lowest BCUT2D eigenvalue weighted by atomic mass is 10.2. The average molecular weight is 270 g/mol. The highest BCUT2D eigenvalue weighted by Gasteiger charge is 2.04. The van der Waals surface area contributed by atoms with Gasteiger partial charge in [0.25, 0.3) is 11.6 Å². The number of pyridine rings is 1. The number of benzene rings is 1. The molecule has 7 nitrogen and oxygen atoms in total. The molecular weight excluding hydrogens is 260 g/mol. The molecule has 0 radical (unpaired) electrons. The van der Waals surface area contributed by atoms with Crippen LogP contribution in [0.25, 0.3) is 0 Å². The first-order valence-corrected chi connectivity index (χ1v) is 5.66. The standard InChI is InChI=1S/C13H10N4O3/c18-13(12-3-1-2-8-14-12)16-15-9-10-4-6-11(7-5-10)17(19)20/h1-9H,(H,16,18). The molecule has 0 bridgehead atoms. The van der Waals surface area contributed by atoms with Crippen LogP contribution in [0.4, 0.5) is 5.69 Å². The van der Waals surface area contributed by atoms with E-state index in [0.29, 0.717) is 5.56 Å². The van der Waals surface area contributed by atoms with Crippen molar-refractivity contribution in [3.05, 3.63) is 70.0 Å². The number of hydrazone groups is 1. The van der Waals surface area contributed by atoms with E-state index in [1.54, 1.807) is 18.2 Å². The first-order chi connectivity index (χ1) is 9.66. The first kappa shape index (κ1) is 13.3. The minimum absolute atomic E-state index is 0.000305. The van der Waals surface area contributed by atoms with Gasteiger partial charge in [0.1, 0.15) is 5.69 Å². The van der Waals surface area contributed by atoms with Gasteiger partial charge < -0.3 is 0 Å². The Balaban J connectivity index is 1.96. The molecule has 0 aliphatic carbocycles. The van der Waals surface area contributed by atoms with Crippen LogP contribution >= 0.6 is 0 Å². The second-order valence-electron chi connectivity index (χ2n) is 3.76. The van der Waals surface area contributed by atoms with Gasteiger partial charge in [-0.2, -0.15) is 5.10 Å². The van der Waals surface area contributed by atoms with Crippen molar-refractivity contribution in [2.45, 2.75) is 0 Å². The number of amides is 1. The molecule has 0 spiro atoms. The zero-order valence-electron chi connectivity index (χ0n) is 10.3. The Morgan fingerprint density at radius 2 is 2.00 bits per heavy atom. The minimum atomic E-state index is -0.482. The van der Waals surface area contributed by atoms with E-state index in [-0.39, 0.29) is 11.4 Å². The van der Waals surface area contributed by atoms with Crippen LogP contribution in [0.3, 0.4) is 0 Å². The predicted molar refractivity (Wildman–Crippen MR) is 72.4 cm³/mol. The predicted octanol–water partition coefficient (Wildman–Crippen LogP) is 1.75. The maximum Gasteiger partial charge on any atom is 0.289 e. The maximum atomic E-state index is 11.6. The molecule has 1 heterocycles. The lowest BCUT2D eigenvalue weighted by Crippen LogP contribution is -2.18. The van der Waals surface area contributed by atoms with E-state index < -0.39 is 10.8 Å². The largest absolute Gasteiger partial charge is 0.289 e. The number of nitrogens with one attached hydrogen (secondary N) is 1. The number of carbonyl (C=O) groups is 1. The summed E-state index contributed by atoms with van der Waals surface area (Å²) in [6, 6.07) is 10.8. The van der Waals surface area contributed by atoms with E-state index in [1.165, 1.54) is 36.7 Å². The van der Waals surface area contributed by atoms with E-state index in [2.05, 4.69) is 15.5 Å². The molecule has 1 aromatic heterocycles. The first-order valence-electron chi connectivity index (χ1n) is 5.66. The molecular formula is C13H10N4O3. The zero-order valence-corrected chi connectivity index (χ0v) is 10.3. The highest BCUT2D eigenvalue weighted by molar-refractivity contribution is 5.93. The number of aromatic nitrogens is 1. The van der Waals surface area contributed by atoms with Gasteiger partial charge in [0.05, 0.1) is 11.1 Å². The molecule has 1 aromatic carbocycles. The topological polar surface area (TPSA) is 97.5 Å². The van der Waals surface area contributed by atoms with E-state index in [9.17, 15) is 14.9 Å². The quantitative estimate of drug-likeness (QED) is 0.520. The second kappa shape index (κ2) is 6.19. The van der Waals surface area contributed by atoms with Crippen molar-refractivity contribution >= 4 is 17.8 Å². The van der Waals surface area contributed by atoms with Crippen molar-refractivity contribution in [1.29, 1.82) is 0 Å². The van der Waals surface area contributed by atoms with E-state index in [1.807, 2.05) is 0 Å². The lowest BCUT2D eigenvalue weighted by molar-refractivity contribution is -0.384. The van der Waals surface area contributed by atoms with Gasteiger partial charge in [0.2, 0.25) is 0 Å². The molecule has 7 heteroatoms. The third-order valence-corrected chi connectivity index (χ3v) is 2.38. The molecule has 0 saturated heterocycles. The summed E-state index contributed by atoms with van der Waals surface area (Å²) in [5.74, 6) is -0.427. The van der Waals surface area contributed by atoms with Crippen LogP contribution in [0, 0.1) is 10.1 Å². The molecule has 0 atom stereocenters. The Kier molecular flexibility index (Phi) is 4.13. The summed E-state index contributed by atoms with van der Waals surface area (Å²) in [6.45, 7) is 0. The van der Waals surface area contributed by atoms with Crippen LogP contribution in [-0.2, 0) is 0 Å². The minimum Gasteiger partial charge on any atom is -0.266 e. The van der Waals surface area contributed by atoms with Gasteiger partial charge in [-0.15, -0.1) is 0 Å². The number of nitro benzene ring substituents is 1. The van der Waals surface area contributed by atoms with Gasteiger partial charge in [0.15, 0.2) is 0 Å². The Morgan fingerprint density at radius 1 is 1.25 bits per heavy atom. The van der Waals surface area contributed by atoms with E-state index in [0.717, 1.165) is 0 Å². The van der Waals surface area contributed by atoms with E-state index in [4.69, 9.17) is 0 Å². The molecule has 0 aliphatic rings. The summed E-state index contributed by atoms with van der Waals surface area (Å²) >= 11 is 0. The number of carbonyl (C=O) groups excluding carboxylic acids is 1. The molecule has 2 aromatic rings. The van der Waals surface area contributed by atoms with Crippen LogP contribution in [0.1, 0.15) is 16.1 Å². The van der Waals surface area contributed by atoms with Crippen LogP contribution < -0.4 is 5.43 Å². The SMILES string of the molecule is O=C(NN=Cc1ccc([N+](=O)[O-])cc1)c1ccccn1. The Labute approximate surface area is 114 Å². The van der Waals surface area contributed by atoms with Gasteiger partial charge in [0, 0.05) is 18.3 Å². The van der Waals surface area contributed by atoms with Gasteiger partial charge in [-0.05, 0) is 29.8 Å². The van der Waals surface area contributed by atoms with Crippen molar-refractivity contribution in [3.8, 4) is 0 Å². The fourth-order valence-corrected chi connectivity index (χ4v) is 1.40. The Morgan fingerprint density at radius 3 is 2.60 bits per heavy atom. The van der Waals surface area contributed by atoms with Crippen molar-refractivity contribution in [2.24, 2.45) is 5.10 Å². The number of non-ortho nitro benzene ring substituents is 1. The highest BCUT2D eigenvalue weighted by atomic mass is 16.6. The average Bonchev–Trinajstić information content (AvgIpc) is 2.48. The maximum absolute atomic E-state index is 11.6. The molecule has 100 valence electrons. The number of nitro groups is 1. The molecule has 0 aliphatic heterocycles. The summed E-state index contributed by atoms with van der Waals surface area (Å²) in [5.41, 5.74) is 3.21. The summed E-state index contributed by atoms with van der Waals surface area (Å²) in [6.07, 6.45) is 2.90. The fourth-order valence-electron chi connectivity index (χ4n) is 1.40. The summed E-state index contributed by atoms with van der Waals surface area (Å²) in [4.78, 5) is 25.5. The van der Waals surface area contributed by atoms with Crippen LogP contribution in [0.15, 0.2) is 53.8 Å². The van der Waals surface area contributed by atoms with E-state index >= 15 is 0 Å². The second-order valence-corrected chi connectivity index (χ2v) is 3.76. The normalized spacial score (nSPS) is 10.4. The van der Waals surface area contributed by atoms with Crippen molar-refractivity contribution in [1.82, 2.24) is 10.4 Å². The van der Waals surface area contributed by atoms with Gasteiger partial charge in [-0.25, -0.2) is 5.43 Å². The van der Waals surface area contributed by atoms with Crippen LogP contribution in [0.2, 0.25) is 0 Å². The van der Waals surface area contributed by atoms with Gasteiger partial charge in [-0.1, -0.05) is 6.07 Å². The zero-order chi connectivity index (χ0) is 14.4. The molecule has 2 rings (SSSR count). The Hall–Kier alpha value is -3.09. The molecule has 0 saturated carbocycles. The third kappa shape index (κ3) is 3.45. The summed E-state index contributed by atoms with van der Waals surface area (Å²) in [7, 11) is 0. The van der Waals surface area contributed by atoms with Crippen molar-refractivity contribution < 1.29 is 9.72 Å². The van der Waals surface area contributed by atoms with Crippen LogP contribution in [-0.4, -0.2) is 22.0 Å². The van der Waals surface area contributed by atoms with Crippen molar-refractivity contribution in [3.63, 3.8) is 0 Å². The molecule has 1 amide bonds. The monoisotopic (exact) mass is 270 g/mol. The highest BCUT2D eigenvalue weighted by Crippen LogP contribution is 2.10. The summed E-state index contributed by atoms with van der Waals surface area (Å²) < 4.78 is 0. The number of hydrogen-bond donors (Lipinski definition) is 1. The molecule has 1 N–H and O–H groups in total. The molecule has 20 heavy (non-hydrogen) atoms. The van der Waals surface area contributed by atoms with Gasteiger partial charge >= 0.3 is 0 Å². The number of nitrogens with zero attached hydrogens (tertiary/aromatic N) is 3. The number of hydrogen-bond acceptors (Lipinski definition) is 5. The van der Waals surface area contributed by atoms with Gasteiger partial charge in [-0.3, -0.25) is 19.9 Å². The smallest absolute Gasteiger partial charge is 0.266 e. The molecule has 0 fully saturated rings. The van der Waals surface area contributed by atoms with Crippen LogP contribution in [0.5, 0.6) is 0 Å². The number of rotatable bonds is 4. The Bertz CT molecular complexity index is 638. The van der Waals surface area contributed by atoms with Crippen molar-refractivity contribution in [2.75, 3.05) is 0 Å². The third-order valence-electron chi connectivity index (χ3n) is 2.38. The lowest BCUT2D eigenvalue weighted by Gasteiger charge is -1.98. The molecule has 0 unspecified atom stereocenters. The summed E-state index contributed by atoms with van der Waals surface area (Å²) in [5, 5.41) is 14.2.